The van der Waals surface area contributed by atoms with Crippen LogP contribution in [0.3, 0.4) is 0 Å². The number of aromatic nitrogens is 5. The zero-order valence-corrected chi connectivity index (χ0v) is 11.4. The van der Waals surface area contributed by atoms with Gasteiger partial charge in [0, 0.05) is 24.0 Å². The second-order valence-electron chi connectivity index (χ2n) is 4.10. The summed E-state index contributed by atoms with van der Waals surface area (Å²) >= 11 is 5.73. The fraction of sp³-hybridized carbons (Fsp3) is 0. The maximum atomic E-state index is 11.6. The molecule has 0 saturated carbocycles. The second kappa shape index (κ2) is 5.68. The van der Waals surface area contributed by atoms with Crippen LogP contribution in [0.5, 0.6) is 0 Å². The third-order valence-corrected chi connectivity index (χ3v) is 2.87. The molecule has 2 N–H and O–H groups in total. The molecule has 3 aromatic rings. The van der Waals surface area contributed by atoms with E-state index in [4.69, 9.17) is 11.6 Å². The first-order valence-corrected chi connectivity index (χ1v) is 6.36. The summed E-state index contributed by atoms with van der Waals surface area (Å²) in [6, 6.07) is 8.60. The number of rotatable bonds is 3. The minimum atomic E-state index is -0.389. The van der Waals surface area contributed by atoms with E-state index in [0.29, 0.717) is 11.5 Å². The molecule has 3 heterocycles. The van der Waals surface area contributed by atoms with Crippen LogP contribution in [0, 0.1) is 0 Å². The van der Waals surface area contributed by atoms with Crippen LogP contribution in [-0.4, -0.2) is 25.4 Å². The average Bonchev–Trinajstić information content (AvgIpc) is 2.53. The third kappa shape index (κ3) is 3.03. The van der Waals surface area contributed by atoms with Crippen LogP contribution in [-0.2, 0) is 0 Å². The first-order chi connectivity index (χ1) is 10.2. The van der Waals surface area contributed by atoms with Gasteiger partial charge in [-0.25, -0.2) is 5.10 Å². The number of anilines is 2. The van der Waals surface area contributed by atoms with E-state index in [0.717, 1.165) is 5.56 Å². The van der Waals surface area contributed by atoms with Gasteiger partial charge in [-0.3, -0.25) is 9.78 Å². The van der Waals surface area contributed by atoms with Gasteiger partial charge in [0.2, 0.25) is 0 Å². The lowest BCUT2D eigenvalue weighted by Crippen LogP contribution is -2.13. The molecule has 0 saturated heterocycles. The fourth-order valence-corrected chi connectivity index (χ4v) is 1.84. The van der Waals surface area contributed by atoms with Gasteiger partial charge in [0.1, 0.15) is 5.69 Å². The molecule has 0 aliphatic rings. The Labute approximate surface area is 124 Å². The maximum Gasteiger partial charge on any atom is 0.287 e. The summed E-state index contributed by atoms with van der Waals surface area (Å²) in [6.45, 7) is 0. The van der Waals surface area contributed by atoms with E-state index < -0.39 is 0 Å². The zero-order valence-electron chi connectivity index (χ0n) is 10.6. The lowest BCUT2D eigenvalue weighted by Gasteiger charge is -2.05. The molecule has 0 spiro atoms. The topological polar surface area (TPSA) is 96.5 Å². The van der Waals surface area contributed by atoms with Gasteiger partial charge in [-0.1, -0.05) is 11.6 Å². The Morgan fingerprint density at radius 3 is 2.62 bits per heavy atom. The van der Waals surface area contributed by atoms with Gasteiger partial charge in [-0.2, -0.15) is 5.10 Å². The molecule has 8 heteroatoms. The molecule has 104 valence electrons. The van der Waals surface area contributed by atoms with Crippen molar-refractivity contribution in [3.8, 4) is 11.3 Å². The molecule has 21 heavy (non-hydrogen) atoms. The normalized spacial score (nSPS) is 10.3. The lowest BCUT2D eigenvalue weighted by atomic mass is 10.2. The number of nitrogens with one attached hydrogen (secondary N) is 2. The van der Waals surface area contributed by atoms with E-state index in [1.807, 2.05) is 12.1 Å². The summed E-state index contributed by atoms with van der Waals surface area (Å²) in [6.07, 6.45) is 3.36. The Morgan fingerprint density at radius 2 is 1.90 bits per heavy atom. The summed E-state index contributed by atoms with van der Waals surface area (Å²) in [5, 5.41) is 17.0. The van der Waals surface area contributed by atoms with Crippen molar-refractivity contribution in [3.63, 3.8) is 0 Å². The second-order valence-corrected chi connectivity index (χ2v) is 4.49. The largest absolute Gasteiger partial charge is 0.334 e. The quantitative estimate of drug-likeness (QED) is 0.768. The van der Waals surface area contributed by atoms with Crippen molar-refractivity contribution < 1.29 is 0 Å². The highest BCUT2D eigenvalue weighted by molar-refractivity contribution is 6.29. The van der Waals surface area contributed by atoms with Gasteiger partial charge < -0.3 is 5.32 Å². The third-order valence-electron chi connectivity index (χ3n) is 2.68. The molecule has 7 nitrogen and oxygen atoms in total. The number of aromatic amines is 1. The lowest BCUT2D eigenvalue weighted by molar-refractivity contribution is 0.986. The van der Waals surface area contributed by atoms with Crippen LogP contribution >= 0.6 is 11.6 Å². The van der Waals surface area contributed by atoms with Crippen molar-refractivity contribution in [2.24, 2.45) is 0 Å². The Hall–Kier alpha value is -2.80. The fourth-order valence-electron chi connectivity index (χ4n) is 1.69. The number of halogens is 1. The molecule has 0 radical (unpaired) electrons. The van der Waals surface area contributed by atoms with E-state index in [9.17, 15) is 4.79 Å². The molecule has 0 amide bonds. The molecule has 0 aromatic carbocycles. The predicted molar refractivity (Wildman–Crippen MR) is 78.4 cm³/mol. The van der Waals surface area contributed by atoms with Crippen molar-refractivity contribution in [1.82, 2.24) is 25.4 Å². The Morgan fingerprint density at radius 1 is 1.10 bits per heavy atom. The first kappa shape index (κ1) is 13.2. The predicted octanol–water partition coefficient (Wildman–Crippen LogP) is 2.02. The smallest absolute Gasteiger partial charge is 0.287 e. The van der Waals surface area contributed by atoms with Crippen LogP contribution < -0.4 is 10.9 Å². The molecule has 0 aliphatic carbocycles. The minimum absolute atomic E-state index is 0.179. The van der Waals surface area contributed by atoms with Crippen molar-refractivity contribution in [1.29, 1.82) is 0 Å². The number of nitrogens with zero attached hydrogens (tertiary/aromatic N) is 4. The molecule has 0 aliphatic heterocycles. The highest BCUT2D eigenvalue weighted by Gasteiger charge is 2.05. The molecule has 0 atom stereocenters. The summed E-state index contributed by atoms with van der Waals surface area (Å²) in [4.78, 5) is 15.5. The molecule has 0 bridgehead atoms. The number of pyridine rings is 1. The summed E-state index contributed by atoms with van der Waals surface area (Å²) in [5.41, 5.74) is 1.49. The van der Waals surface area contributed by atoms with Gasteiger partial charge in [0.15, 0.2) is 11.0 Å². The Balaban J connectivity index is 1.85. The molecule has 3 aromatic heterocycles. The standard InChI is InChI=1S/C13H9ClN6O/c14-11-7-10(13(21)20-18-11)16-12-2-1-9(17-19-12)8-3-5-15-6-4-8/h1-7H,(H,20,21)(H,16,18,19). The number of hydrogen-bond donors (Lipinski definition) is 2. The number of hydrogen-bond acceptors (Lipinski definition) is 6. The average molecular weight is 301 g/mol. The molecule has 0 unspecified atom stereocenters. The number of H-pyrrole nitrogens is 1. The van der Waals surface area contributed by atoms with E-state index in [2.05, 4.69) is 30.7 Å². The van der Waals surface area contributed by atoms with Gasteiger partial charge in [0.05, 0.1) is 5.69 Å². The van der Waals surface area contributed by atoms with Gasteiger partial charge in [0.25, 0.3) is 5.56 Å². The van der Waals surface area contributed by atoms with Crippen LogP contribution in [0.25, 0.3) is 11.3 Å². The van der Waals surface area contributed by atoms with Crippen molar-refractivity contribution in [3.05, 3.63) is 58.2 Å². The Bertz CT molecular complexity index is 803. The van der Waals surface area contributed by atoms with Crippen molar-refractivity contribution in [2.45, 2.75) is 0 Å². The zero-order chi connectivity index (χ0) is 14.7. The van der Waals surface area contributed by atoms with Gasteiger partial charge >= 0.3 is 0 Å². The van der Waals surface area contributed by atoms with E-state index >= 15 is 0 Å². The molecular weight excluding hydrogens is 292 g/mol. The molecular formula is C13H9ClN6O. The molecule has 3 rings (SSSR count). The van der Waals surface area contributed by atoms with E-state index in [1.165, 1.54) is 6.07 Å². The van der Waals surface area contributed by atoms with E-state index in [-0.39, 0.29) is 16.4 Å². The van der Waals surface area contributed by atoms with Crippen LogP contribution in [0.15, 0.2) is 47.5 Å². The SMILES string of the molecule is O=c1[nH]nc(Cl)cc1Nc1ccc(-c2ccncc2)nn1. The highest BCUT2D eigenvalue weighted by Crippen LogP contribution is 2.17. The molecule has 0 fully saturated rings. The van der Waals surface area contributed by atoms with Gasteiger partial charge in [-0.05, 0) is 24.3 Å². The highest BCUT2D eigenvalue weighted by atomic mass is 35.5. The Kier molecular flexibility index (Phi) is 3.57. The minimum Gasteiger partial charge on any atom is -0.334 e. The summed E-state index contributed by atoms with van der Waals surface area (Å²) in [7, 11) is 0. The monoisotopic (exact) mass is 300 g/mol. The van der Waals surface area contributed by atoms with E-state index in [1.54, 1.807) is 24.5 Å². The summed E-state index contributed by atoms with van der Waals surface area (Å²) < 4.78 is 0. The summed E-state index contributed by atoms with van der Waals surface area (Å²) in [5.74, 6) is 0.431. The van der Waals surface area contributed by atoms with Crippen LogP contribution in [0.1, 0.15) is 0 Å². The van der Waals surface area contributed by atoms with Crippen molar-refractivity contribution >= 4 is 23.1 Å². The van der Waals surface area contributed by atoms with Crippen LogP contribution in [0.4, 0.5) is 11.5 Å². The van der Waals surface area contributed by atoms with Crippen molar-refractivity contribution in [2.75, 3.05) is 5.32 Å². The first-order valence-electron chi connectivity index (χ1n) is 5.99. The maximum absolute atomic E-state index is 11.6. The van der Waals surface area contributed by atoms with Gasteiger partial charge in [-0.15, -0.1) is 10.2 Å². The van der Waals surface area contributed by atoms with Crippen LogP contribution in [0.2, 0.25) is 5.15 Å².